The Morgan fingerprint density at radius 1 is 1.36 bits per heavy atom. The summed E-state index contributed by atoms with van der Waals surface area (Å²) in [7, 11) is 5.41. The first-order chi connectivity index (χ1) is 12.0. The van der Waals surface area contributed by atoms with Gasteiger partial charge in [0.15, 0.2) is 5.96 Å². The van der Waals surface area contributed by atoms with Crippen LogP contribution in [0.2, 0.25) is 0 Å². The summed E-state index contributed by atoms with van der Waals surface area (Å²) in [5.41, 5.74) is 1.03. The van der Waals surface area contributed by atoms with Crippen molar-refractivity contribution in [1.29, 1.82) is 0 Å². The lowest BCUT2D eigenvalue weighted by molar-refractivity contribution is -0.127. The van der Waals surface area contributed by atoms with E-state index in [1.807, 2.05) is 17.8 Å². The Morgan fingerprint density at radius 2 is 2.12 bits per heavy atom. The highest BCUT2D eigenvalue weighted by molar-refractivity contribution is 5.86. The number of aliphatic imine (C=N–C) groups is 1. The molecule has 0 aliphatic heterocycles. The minimum Gasteiger partial charge on any atom is -0.356 e. The van der Waals surface area contributed by atoms with Gasteiger partial charge in [0.05, 0.1) is 18.8 Å². The summed E-state index contributed by atoms with van der Waals surface area (Å²) in [5, 5.41) is 10.7. The first-order valence-electron chi connectivity index (χ1n) is 9.17. The van der Waals surface area contributed by atoms with E-state index in [0.717, 1.165) is 18.7 Å². The van der Waals surface area contributed by atoms with E-state index in [0.29, 0.717) is 18.4 Å². The minimum atomic E-state index is 0.0213. The fraction of sp³-hybridized carbons (Fsp3) is 0.722. The first kappa shape index (κ1) is 21.0. The second-order valence-corrected chi connectivity index (χ2v) is 6.55. The molecule has 1 heterocycles. The predicted molar refractivity (Wildman–Crippen MR) is 102 cm³/mol. The molecule has 0 spiro atoms. The Bertz CT molecular complexity index is 537. The molecule has 1 rings (SSSR count). The number of carbonyl (C=O) groups is 1. The monoisotopic (exact) mass is 350 g/mol. The molecule has 1 unspecified atom stereocenters. The molecular weight excluding hydrogens is 316 g/mol. The van der Waals surface area contributed by atoms with E-state index in [1.54, 1.807) is 25.2 Å². The highest BCUT2D eigenvalue weighted by Gasteiger charge is 2.10. The Morgan fingerprint density at radius 3 is 2.68 bits per heavy atom. The molecule has 0 saturated heterocycles. The van der Waals surface area contributed by atoms with Gasteiger partial charge in [-0.05, 0) is 18.4 Å². The van der Waals surface area contributed by atoms with Crippen molar-refractivity contribution < 1.29 is 4.79 Å². The number of nitrogens with zero attached hydrogens (tertiary/aromatic N) is 4. The topological polar surface area (TPSA) is 74.5 Å². The maximum Gasteiger partial charge on any atom is 0.241 e. The van der Waals surface area contributed by atoms with Gasteiger partial charge < -0.3 is 15.5 Å². The molecule has 0 fully saturated rings. The van der Waals surface area contributed by atoms with E-state index < -0.39 is 0 Å². The number of likely N-dealkylation sites (N-methyl/N-ethyl adjacent to an activating group) is 1. The molecule has 7 heteroatoms. The lowest BCUT2D eigenvalue weighted by Gasteiger charge is -2.19. The molecule has 0 radical (unpaired) electrons. The molecule has 142 valence electrons. The molecule has 0 bridgehead atoms. The Balaban J connectivity index is 2.65. The van der Waals surface area contributed by atoms with Gasteiger partial charge in [0.2, 0.25) is 5.91 Å². The highest BCUT2D eigenvalue weighted by Crippen LogP contribution is 2.11. The third-order valence-corrected chi connectivity index (χ3v) is 4.33. The number of guanidine groups is 1. The number of rotatable bonds is 10. The molecule has 1 atom stereocenters. The minimum absolute atomic E-state index is 0.0213. The van der Waals surface area contributed by atoms with Crippen molar-refractivity contribution in [3.05, 3.63) is 18.0 Å². The normalized spacial score (nSPS) is 12.8. The lowest BCUT2D eigenvalue weighted by atomic mass is 9.99. The van der Waals surface area contributed by atoms with Crippen molar-refractivity contribution >= 4 is 11.9 Å². The third-order valence-electron chi connectivity index (χ3n) is 4.33. The van der Waals surface area contributed by atoms with Gasteiger partial charge in [0.25, 0.3) is 0 Å². The SMILES string of the molecule is CCCCC(CC)CNC(=NCc1ccnn1C)NCC(=O)N(C)C. The maximum atomic E-state index is 11.8. The van der Waals surface area contributed by atoms with Crippen molar-refractivity contribution in [3.8, 4) is 0 Å². The summed E-state index contributed by atoms with van der Waals surface area (Å²) < 4.78 is 1.81. The molecule has 1 aromatic heterocycles. The van der Waals surface area contributed by atoms with Crippen LogP contribution in [-0.2, 0) is 18.4 Å². The van der Waals surface area contributed by atoms with Gasteiger partial charge >= 0.3 is 0 Å². The van der Waals surface area contributed by atoms with Crippen LogP contribution in [0.15, 0.2) is 17.3 Å². The number of nitrogens with one attached hydrogen (secondary N) is 2. The van der Waals surface area contributed by atoms with Crippen LogP contribution in [0.5, 0.6) is 0 Å². The van der Waals surface area contributed by atoms with Crippen molar-refractivity contribution in [1.82, 2.24) is 25.3 Å². The van der Waals surface area contributed by atoms with Crippen LogP contribution < -0.4 is 10.6 Å². The van der Waals surface area contributed by atoms with Gasteiger partial charge in [-0.15, -0.1) is 0 Å². The van der Waals surface area contributed by atoms with Gasteiger partial charge in [-0.2, -0.15) is 5.10 Å². The number of unbranched alkanes of at least 4 members (excludes halogenated alkanes) is 1. The lowest BCUT2D eigenvalue weighted by Crippen LogP contribution is -2.44. The van der Waals surface area contributed by atoms with E-state index in [2.05, 4.69) is 34.6 Å². The zero-order valence-electron chi connectivity index (χ0n) is 16.4. The molecule has 0 aliphatic carbocycles. The van der Waals surface area contributed by atoms with Gasteiger partial charge in [0, 0.05) is 33.9 Å². The summed E-state index contributed by atoms with van der Waals surface area (Å²) >= 11 is 0. The smallest absolute Gasteiger partial charge is 0.241 e. The molecule has 25 heavy (non-hydrogen) atoms. The van der Waals surface area contributed by atoms with E-state index in [1.165, 1.54) is 19.3 Å². The number of aromatic nitrogens is 2. The van der Waals surface area contributed by atoms with Crippen LogP contribution in [0.4, 0.5) is 0 Å². The molecular formula is C18H34N6O. The predicted octanol–water partition coefficient (Wildman–Crippen LogP) is 1.76. The van der Waals surface area contributed by atoms with E-state index >= 15 is 0 Å². The van der Waals surface area contributed by atoms with Crippen LogP contribution >= 0.6 is 0 Å². The van der Waals surface area contributed by atoms with Gasteiger partial charge in [-0.3, -0.25) is 9.48 Å². The quantitative estimate of drug-likeness (QED) is 0.498. The third kappa shape index (κ3) is 8.05. The average Bonchev–Trinajstić information content (AvgIpc) is 3.01. The summed E-state index contributed by atoms with van der Waals surface area (Å²) in [5.74, 6) is 1.31. The Hall–Kier alpha value is -2.05. The van der Waals surface area contributed by atoms with E-state index in [9.17, 15) is 4.79 Å². The number of hydrogen-bond donors (Lipinski definition) is 2. The highest BCUT2D eigenvalue weighted by atomic mass is 16.2. The van der Waals surface area contributed by atoms with Crippen LogP contribution in [0.3, 0.4) is 0 Å². The molecule has 2 N–H and O–H groups in total. The molecule has 0 aliphatic rings. The molecule has 0 aromatic carbocycles. The summed E-state index contributed by atoms with van der Waals surface area (Å²) in [4.78, 5) is 18.0. The second-order valence-electron chi connectivity index (χ2n) is 6.55. The maximum absolute atomic E-state index is 11.8. The van der Waals surface area contributed by atoms with Crippen LogP contribution in [0, 0.1) is 5.92 Å². The second kappa shape index (κ2) is 11.5. The number of aryl methyl sites for hydroxylation is 1. The number of carbonyl (C=O) groups excluding carboxylic acids is 1. The zero-order chi connectivity index (χ0) is 18.7. The van der Waals surface area contributed by atoms with Crippen LogP contribution in [-0.4, -0.2) is 53.7 Å². The molecule has 7 nitrogen and oxygen atoms in total. The van der Waals surface area contributed by atoms with Crippen LogP contribution in [0.25, 0.3) is 0 Å². The summed E-state index contributed by atoms with van der Waals surface area (Å²) in [6, 6.07) is 1.95. The van der Waals surface area contributed by atoms with Crippen molar-refractivity contribution in [2.45, 2.75) is 46.1 Å². The van der Waals surface area contributed by atoms with E-state index in [-0.39, 0.29) is 12.5 Å². The fourth-order valence-electron chi connectivity index (χ4n) is 2.39. The van der Waals surface area contributed by atoms with Crippen molar-refractivity contribution in [2.75, 3.05) is 27.2 Å². The molecule has 1 amide bonds. The standard InChI is InChI=1S/C18H34N6O/c1-6-8-9-15(7-2)12-19-18(21-14-17(25)23(3)4)20-13-16-10-11-22-24(16)5/h10-11,15H,6-9,12-14H2,1-5H3,(H2,19,20,21). The molecule has 1 aromatic rings. The Labute approximate surface area is 151 Å². The van der Waals surface area contributed by atoms with Crippen molar-refractivity contribution in [3.63, 3.8) is 0 Å². The number of amides is 1. The van der Waals surface area contributed by atoms with Gasteiger partial charge in [-0.1, -0.05) is 33.1 Å². The van der Waals surface area contributed by atoms with Gasteiger partial charge in [0.1, 0.15) is 0 Å². The largest absolute Gasteiger partial charge is 0.356 e. The summed E-state index contributed by atoms with van der Waals surface area (Å²) in [6.45, 7) is 6.06. The van der Waals surface area contributed by atoms with Crippen molar-refractivity contribution in [2.24, 2.45) is 18.0 Å². The average molecular weight is 351 g/mol. The van der Waals surface area contributed by atoms with E-state index in [4.69, 9.17) is 0 Å². The Kier molecular flexibility index (Phi) is 9.65. The fourth-order valence-corrected chi connectivity index (χ4v) is 2.39. The molecule has 0 saturated carbocycles. The van der Waals surface area contributed by atoms with Crippen LogP contribution in [0.1, 0.15) is 45.2 Å². The van der Waals surface area contributed by atoms with Gasteiger partial charge in [-0.25, -0.2) is 4.99 Å². The zero-order valence-corrected chi connectivity index (χ0v) is 16.4. The summed E-state index contributed by atoms with van der Waals surface area (Å²) in [6.07, 6.45) is 6.57. The first-order valence-corrected chi connectivity index (χ1v) is 9.17. The number of hydrogen-bond acceptors (Lipinski definition) is 3.